The fourth-order valence-electron chi connectivity index (χ4n) is 4.57. The predicted octanol–water partition coefficient (Wildman–Crippen LogP) is 3.78. The molecule has 0 radical (unpaired) electrons. The fraction of sp³-hybridized carbons (Fsp3) is 0.233. The summed E-state index contributed by atoms with van der Waals surface area (Å²) in [6.45, 7) is 1.64. The lowest BCUT2D eigenvalue weighted by Gasteiger charge is -2.36. The Morgan fingerprint density at radius 1 is 0.952 bits per heavy atom. The van der Waals surface area contributed by atoms with Gasteiger partial charge in [-0.1, -0.05) is 12.1 Å². The smallest absolute Gasteiger partial charge is 0.409 e. The highest BCUT2D eigenvalue weighted by atomic mass is 19.1. The van der Waals surface area contributed by atoms with Gasteiger partial charge in [-0.3, -0.25) is 14.4 Å². The minimum absolute atomic E-state index is 0.152. The summed E-state index contributed by atoms with van der Waals surface area (Å²) in [4.78, 5) is 53.4. The number of aliphatic carboxylic acids is 1. The van der Waals surface area contributed by atoms with Gasteiger partial charge in [0.25, 0.3) is 11.8 Å². The van der Waals surface area contributed by atoms with Gasteiger partial charge < -0.3 is 30.3 Å². The van der Waals surface area contributed by atoms with Gasteiger partial charge in [0.2, 0.25) is 0 Å². The fourth-order valence-corrected chi connectivity index (χ4v) is 4.57. The summed E-state index contributed by atoms with van der Waals surface area (Å²) in [5.41, 5.74) is 2.19. The third kappa shape index (κ3) is 7.19. The quantitative estimate of drug-likeness (QED) is 0.368. The second-order valence-corrected chi connectivity index (χ2v) is 9.49. The van der Waals surface area contributed by atoms with Crippen molar-refractivity contribution in [2.24, 2.45) is 0 Å². The Bertz CT molecular complexity index is 1510. The number of carboxylic acid groups (broad SMARTS) is 1. The molecule has 0 aromatic heterocycles. The van der Waals surface area contributed by atoms with E-state index in [4.69, 9.17) is 10.00 Å². The largest absolute Gasteiger partial charge is 0.481 e. The maximum absolute atomic E-state index is 13.4. The molecule has 0 saturated carbocycles. The van der Waals surface area contributed by atoms with Gasteiger partial charge in [0.1, 0.15) is 5.82 Å². The summed E-state index contributed by atoms with van der Waals surface area (Å²) in [6, 6.07) is 17.0. The Kier molecular flexibility index (Phi) is 9.34. The van der Waals surface area contributed by atoms with Gasteiger partial charge in [0.15, 0.2) is 0 Å². The van der Waals surface area contributed by atoms with Crippen molar-refractivity contribution in [3.05, 3.63) is 94.8 Å². The van der Waals surface area contributed by atoms with Crippen LogP contribution in [0.1, 0.15) is 44.3 Å². The molecule has 3 aromatic rings. The Hall–Kier alpha value is -5.44. The summed E-state index contributed by atoms with van der Waals surface area (Å²) in [5.74, 6) is -2.71. The van der Waals surface area contributed by atoms with Crippen molar-refractivity contribution >= 4 is 35.3 Å². The standard InChI is InChI=1S/C30H28FN5O6/c1-42-30(41)36-14-12-35(13-15-36)26-11-8-22(16-25(26)34-28(39)21-4-2-19(18-32)3-5-21)29(40)33-24(17-27(37)38)20-6-9-23(31)10-7-20/h2-11,16,24H,12-15,17H2,1H3,(H,33,40)(H,34,39)(H,37,38). The first kappa shape index (κ1) is 29.5. The minimum atomic E-state index is -1.15. The molecule has 4 rings (SSSR count). The molecular weight excluding hydrogens is 545 g/mol. The van der Waals surface area contributed by atoms with Crippen LogP contribution < -0.4 is 15.5 Å². The number of carbonyl (C=O) groups excluding carboxylic acids is 3. The van der Waals surface area contributed by atoms with Gasteiger partial charge in [0, 0.05) is 37.3 Å². The van der Waals surface area contributed by atoms with Gasteiger partial charge in [-0.05, 0) is 60.2 Å². The number of nitriles is 1. The highest BCUT2D eigenvalue weighted by Crippen LogP contribution is 2.30. The molecule has 1 aliphatic heterocycles. The van der Waals surface area contributed by atoms with Crippen LogP contribution in [0.3, 0.4) is 0 Å². The van der Waals surface area contributed by atoms with Crippen molar-refractivity contribution in [2.75, 3.05) is 43.5 Å². The van der Waals surface area contributed by atoms with Crippen LogP contribution in [0.4, 0.5) is 20.6 Å². The zero-order chi connectivity index (χ0) is 30.2. The maximum Gasteiger partial charge on any atom is 0.409 e. The second kappa shape index (κ2) is 13.3. The molecule has 12 heteroatoms. The molecule has 1 fully saturated rings. The number of nitrogens with one attached hydrogen (secondary N) is 2. The zero-order valence-corrected chi connectivity index (χ0v) is 22.7. The highest BCUT2D eigenvalue weighted by molar-refractivity contribution is 6.07. The number of ether oxygens (including phenoxy) is 1. The number of methoxy groups -OCH3 is 1. The molecule has 0 aliphatic carbocycles. The number of amides is 3. The van der Waals surface area contributed by atoms with Crippen molar-refractivity contribution in [1.82, 2.24) is 10.2 Å². The summed E-state index contributed by atoms with van der Waals surface area (Å²) >= 11 is 0. The number of hydrogen-bond donors (Lipinski definition) is 3. The first-order valence-electron chi connectivity index (χ1n) is 13.0. The molecule has 0 bridgehead atoms. The summed E-state index contributed by atoms with van der Waals surface area (Å²) in [5, 5.41) is 24.0. The number of carboxylic acids is 1. The molecule has 1 saturated heterocycles. The minimum Gasteiger partial charge on any atom is -0.481 e. The van der Waals surface area contributed by atoms with E-state index >= 15 is 0 Å². The van der Waals surface area contributed by atoms with E-state index in [0.29, 0.717) is 54.2 Å². The number of piperazine rings is 1. The van der Waals surface area contributed by atoms with Gasteiger partial charge >= 0.3 is 12.1 Å². The molecule has 3 aromatic carbocycles. The second-order valence-electron chi connectivity index (χ2n) is 9.49. The Morgan fingerprint density at radius 2 is 1.60 bits per heavy atom. The molecule has 3 amide bonds. The first-order chi connectivity index (χ1) is 20.2. The van der Waals surface area contributed by atoms with Crippen molar-refractivity contribution < 1.29 is 33.4 Å². The van der Waals surface area contributed by atoms with Gasteiger partial charge in [0.05, 0.1) is 42.6 Å². The average molecular weight is 574 g/mol. The van der Waals surface area contributed by atoms with E-state index in [1.54, 1.807) is 17.0 Å². The van der Waals surface area contributed by atoms with Gasteiger partial charge in [-0.2, -0.15) is 5.26 Å². The van der Waals surface area contributed by atoms with E-state index in [1.165, 1.54) is 61.7 Å². The number of hydrogen-bond acceptors (Lipinski definition) is 7. The van der Waals surface area contributed by atoms with Gasteiger partial charge in [-0.25, -0.2) is 9.18 Å². The molecule has 1 unspecified atom stereocenters. The third-order valence-corrected chi connectivity index (χ3v) is 6.79. The SMILES string of the molecule is COC(=O)N1CCN(c2ccc(C(=O)NC(CC(=O)O)c3ccc(F)cc3)cc2NC(=O)c2ccc(C#N)cc2)CC1. The van der Waals surface area contributed by atoms with Crippen LogP contribution in [0.5, 0.6) is 0 Å². The first-order valence-corrected chi connectivity index (χ1v) is 13.0. The van der Waals surface area contributed by atoms with Crippen molar-refractivity contribution in [2.45, 2.75) is 12.5 Å². The molecule has 216 valence electrons. The van der Waals surface area contributed by atoms with Crippen LogP contribution in [0, 0.1) is 17.1 Å². The lowest BCUT2D eigenvalue weighted by molar-refractivity contribution is -0.137. The molecule has 11 nitrogen and oxygen atoms in total. The van der Waals surface area contributed by atoms with Crippen LogP contribution in [0.2, 0.25) is 0 Å². The summed E-state index contributed by atoms with van der Waals surface area (Å²) < 4.78 is 18.2. The molecule has 1 atom stereocenters. The number of anilines is 2. The third-order valence-electron chi connectivity index (χ3n) is 6.79. The van der Waals surface area contributed by atoms with E-state index in [9.17, 15) is 28.7 Å². The Balaban J connectivity index is 1.62. The predicted molar refractivity (Wildman–Crippen MR) is 151 cm³/mol. The lowest BCUT2D eigenvalue weighted by Crippen LogP contribution is -2.49. The van der Waals surface area contributed by atoms with Crippen LogP contribution in [-0.2, 0) is 9.53 Å². The number of rotatable bonds is 8. The van der Waals surface area contributed by atoms with E-state index in [0.717, 1.165) is 0 Å². The van der Waals surface area contributed by atoms with E-state index in [2.05, 4.69) is 10.6 Å². The monoisotopic (exact) mass is 573 g/mol. The summed E-state index contributed by atoms with van der Waals surface area (Å²) in [6.07, 6.45) is -0.865. The van der Waals surface area contributed by atoms with Crippen LogP contribution in [-0.4, -0.2) is 67.2 Å². The topological polar surface area (TPSA) is 152 Å². The number of carbonyl (C=O) groups is 4. The normalized spacial score (nSPS) is 13.5. The van der Waals surface area contributed by atoms with Crippen molar-refractivity contribution in [1.29, 1.82) is 5.26 Å². The van der Waals surface area contributed by atoms with Crippen molar-refractivity contribution in [3.8, 4) is 6.07 Å². The molecule has 1 aliphatic rings. The molecule has 0 spiro atoms. The van der Waals surface area contributed by atoms with E-state index in [1.807, 2.05) is 11.0 Å². The molecule has 1 heterocycles. The molecular formula is C30H28FN5O6. The van der Waals surface area contributed by atoms with E-state index < -0.39 is 42.2 Å². The number of nitrogens with zero attached hydrogens (tertiary/aromatic N) is 3. The van der Waals surface area contributed by atoms with Crippen LogP contribution >= 0.6 is 0 Å². The van der Waals surface area contributed by atoms with Gasteiger partial charge in [-0.15, -0.1) is 0 Å². The number of halogens is 1. The zero-order valence-electron chi connectivity index (χ0n) is 22.7. The van der Waals surface area contributed by atoms with Crippen LogP contribution in [0.25, 0.3) is 0 Å². The highest BCUT2D eigenvalue weighted by Gasteiger charge is 2.25. The average Bonchev–Trinajstić information content (AvgIpc) is 3.00. The molecule has 42 heavy (non-hydrogen) atoms. The number of benzene rings is 3. The Morgan fingerprint density at radius 3 is 2.19 bits per heavy atom. The lowest BCUT2D eigenvalue weighted by atomic mass is 10.0. The van der Waals surface area contributed by atoms with E-state index in [-0.39, 0.29) is 5.56 Å². The summed E-state index contributed by atoms with van der Waals surface area (Å²) in [7, 11) is 1.31. The maximum atomic E-state index is 13.4. The van der Waals surface area contributed by atoms with Crippen LogP contribution in [0.15, 0.2) is 66.7 Å². The van der Waals surface area contributed by atoms with Crippen molar-refractivity contribution in [3.63, 3.8) is 0 Å². The molecule has 3 N–H and O–H groups in total. The Labute approximate surface area is 241 Å².